The van der Waals surface area contributed by atoms with Gasteiger partial charge in [-0.2, -0.15) is 11.3 Å². The van der Waals surface area contributed by atoms with Gasteiger partial charge in [0.05, 0.1) is 5.02 Å². The molecule has 0 aliphatic heterocycles. The van der Waals surface area contributed by atoms with Crippen LogP contribution in [0, 0.1) is 0 Å². The van der Waals surface area contributed by atoms with Crippen LogP contribution in [0.15, 0.2) is 70.3 Å². The lowest BCUT2D eigenvalue weighted by atomic mass is 10.0. The predicted octanol–water partition coefficient (Wildman–Crippen LogP) is 4.55. The Hall–Kier alpha value is -1.66. The molecular formula is C17H14ClNO2S2. The second-order valence-corrected chi connectivity index (χ2v) is 7.85. The second-order valence-electron chi connectivity index (χ2n) is 4.92. The molecule has 0 unspecified atom stereocenters. The van der Waals surface area contributed by atoms with E-state index >= 15 is 0 Å². The van der Waals surface area contributed by atoms with Crippen LogP contribution < -0.4 is 4.72 Å². The SMILES string of the molecule is O=S(=O)(NCc1ccccc1-c1ccsc1)c1ccccc1Cl. The Morgan fingerprint density at radius 2 is 1.74 bits per heavy atom. The summed E-state index contributed by atoms with van der Waals surface area (Å²) in [7, 11) is -3.65. The van der Waals surface area contributed by atoms with Crippen molar-refractivity contribution >= 4 is 33.0 Å². The predicted molar refractivity (Wildman–Crippen MR) is 95.2 cm³/mol. The zero-order valence-electron chi connectivity index (χ0n) is 12.1. The molecule has 0 fully saturated rings. The van der Waals surface area contributed by atoms with E-state index in [1.807, 2.05) is 41.1 Å². The average molecular weight is 364 g/mol. The van der Waals surface area contributed by atoms with Gasteiger partial charge in [-0.15, -0.1) is 0 Å². The number of benzene rings is 2. The fourth-order valence-electron chi connectivity index (χ4n) is 2.29. The molecule has 1 aromatic heterocycles. The summed E-state index contributed by atoms with van der Waals surface area (Å²) in [6.45, 7) is 0.208. The first kappa shape index (κ1) is 16.2. The second kappa shape index (κ2) is 6.84. The Labute approximate surface area is 144 Å². The van der Waals surface area contributed by atoms with Gasteiger partial charge >= 0.3 is 0 Å². The Morgan fingerprint density at radius 1 is 1.00 bits per heavy atom. The van der Waals surface area contributed by atoms with E-state index in [1.165, 1.54) is 6.07 Å². The largest absolute Gasteiger partial charge is 0.242 e. The van der Waals surface area contributed by atoms with Gasteiger partial charge in [-0.3, -0.25) is 0 Å². The van der Waals surface area contributed by atoms with Crippen molar-refractivity contribution in [2.45, 2.75) is 11.4 Å². The van der Waals surface area contributed by atoms with E-state index in [4.69, 9.17) is 11.6 Å². The molecule has 118 valence electrons. The maximum Gasteiger partial charge on any atom is 0.242 e. The van der Waals surface area contributed by atoms with Gasteiger partial charge in [-0.1, -0.05) is 48.0 Å². The minimum atomic E-state index is -3.65. The highest BCUT2D eigenvalue weighted by atomic mass is 35.5. The van der Waals surface area contributed by atoms with Gasteiger partial charge in [0.25, 0.3) is 0 Å². The third kappa shape index (κ3) is 3.64. The third-order valence-corrected chi connectivity index (χ3v) is 6.01. The van der Waals surface area contributed by atoms with E-state index in [9.17, 15) is 8.42 Å². The van der Waals surface area contributed by atoms with Crippen LogP contribution in [0.1, 0.15) is 5.56 Å². The highest BCUT2D eigenvalue weighted by Crippen LogP contribution is 2.26. The van der Waals surface area contributed by atoms with Gasteiger partial charge < -0.3 is 0 Å². The lowest BCUT2D eigenvalue weighted by Gasteiger charge is -2.11. The number of thiophene rings is 1. The van der Waals surface area contributed by atoms with Crippen molar-refractivity contribution in [1.82, 2.24) is 4.72 Å². The number of nitrogens with one attached hydrogen (secondary N) is 1. The lowest BCUT2D eigenvalue weighted by Crippen LogP contribution is -2.23. The van der Waals surface area contributed by atoms with Crippen LogP contribution in [0.3, 0.4) is 0 Å². The highest BCUT2D eigenvalue weighted by Gasteiger charge is 2.17. The van der Waals surface area contributed by atoms with Crippen molar-refractivity contribution in [3.05, 3.63) is 75.9 Å². The molecular weight excluding hydrogens is 350 g/mol. The van der Waals surface area contributed by atoms with Gasteiger partial charge in [0.2, 0.25) is 10.0 Å². The topological polar surface area (TPSA) is 46.2 Å². The molecule has 0 saturated carbocycles. The van der Waals surface area contributed by atoms with Crippen LogP contribution in [-0.4, -0.2) is 8.42 Å². The van der Waals surface area contributed by atoms with Crippen LogP contribution in [-0.2, 0) is 16.6 Å². The van der Waals surface area contributed by atoms with Gasteiger partial charge in [0.1, 0.15) is 4.90 Å². The van der Waals surface area contributed by atoms with Crippen molar-refractivity contribution in [2.75, 3.05) is 0 Å². The van der Waals surface area contributed by atoms with E-state index in [1.54, 1.807) is 29.5 Å². The van der Waals surface area contributed by atoms with Crippen molar-refractivity contribution in [3.63, 3.8) is 0 Å². The van der Waals surface area contributed by atoms with Crippen LogP contribution in [0.25, 0.3) is 11.1 Å². The average Bonchev–Trinajstić information content (AvgIpc) is 3.08. The molecule has 0 saturated heterocycles. The van der Waals surface area contributed by atoms with E-state index in [0.717, 1.165) is 16.7 Å². The van der Waals surface area contributed by atoms with E-state index < -0.39 is 10.0 Å². The Bertz CT molecular complexity index is 906. The fraction of sp³-hybridized carbons (Fsp3) is 0.0588. The van der Waals surface area contributed by atoms with Crippen LogP contribution >= 0.6 is 22.9 Å². The van der Waals surface area contributed by atoms with Crippen LogP contribution in [0.4, 0.5) is 0 Å². The van der Waals surface area contributed by atoms with Crippen LogP contribution in [0.2, 0.25) is 5.02 Å². The normalized spacial score (nSPS) is 11.5. The number of hydrogen-bond acceptors (Lipinski definition) is 3. The van der Waals surface area contributed by atoms with Crippen LogP contribution in [0.5, 0.6) is 0 Å². The highest BCUT2D eigenvalue weighted by molar-refractivity contribution is 7.89. The molecule has 3 nitrogen and oxygen atoms in total. The smallest absolute Gasteiger partial charge is 0.207 e. The molecule has 3 aromatic rings. The summed E-state index contributed by atoms with van der Waals surface area (Å²) in [5, 5.41) is 4.26. The summed E-state index contributed by atoms with van der Waals surface area (Å²) >= 11 is 7.59. The molecule has 0 atom stereocenters. The summed E-state index contributed by atoms with van der Waals surface area (Å²) in [5.74, 6) is 0. The Balaban J connectivity index is 1.86. The zero-order chi connectivity index (χ0) is 16.3. The summed E-state index contributed by atoms with van der Waals surface area (Å²) in [6.07, 6.45) is 0. The standard InChI is InChI=1S/C17H14ClNO2S2/c18-16-7-3-4-8-17(16)23(20,21)19-11-13-5-1-2-6-15(13)14-9-10-22-12-14/h1-10,12,19H,11H2. The Morgan fingerprint density at radius 3 is 2.48 bits per heavy atom. The van der Waals surface area contributed by atoms with Crippen molar-refractivity contribution < 1.29 is 8.42 Å². The monoisotopic (exact) mass is 363 g/mol. The maximum absolute atomic E-state index is 12.4. The van der Waals surface area contributed by atoms with Gasteiger partial charge in [-0.05, 0) is 45.6 Å². The zero-order valence-corrected chi connectivity index (χ0v) is 14.5. The quantitative estimate of drug-likeness (QED) is 0.723. The summed E-state index contributed by atoms with van der Waals surface area (Å²) in [4.78, 5) is 0.0923. The van der Waals surface area contributed by atoms with Gasteiger partial charge in [0.15, 0.2) is 0 Å². The molecule has 0 radical (unpaired) electrons. The van der Waals surface area contributed by atoms with Crippen molar-refractivity contribution in [3.8, 4) is 11.1 Å². The molecule has 6 heteroatoms. The van der Waals surface area contributed by atoms with Gasteiger partial charge in [0, 0.05) is 6.54 Å². The summed E-state index contributed by atoms with van der Waals surface area (Å²) < 4.78 is 27.5. The number of hydrogen-bond donors (Lipinski definition) is 1. The lowest BCUT2D eigenvalue weighted by molar-refractivity contribution is 0.581. The third-order valence-electron chi connectivity index (χ3n) is 3.43. The first-order valence-corrected chi connectivity index (χ1v) is 9.73. The minimum Gasteiger partial charge on any atom is -0.207 e. The van der Waals surface area contributed by atoms with E-state index in [2.05, 4.69) is 4.72 Å². The van der Waals surface area contributed by atoms with E-state index in [0.29, 0.717) is 0 Å². The molecule has 0 aliphatic carbocycles. The minimum absolute atomic E-state index is 0.0923. The van der Waals surface area contributed by atoms with Crippen molar-refractivity contribution in [2.24, 2.45) is 0 Å². The maximum atomic E-state index is 12.4. The van der Waals surface area contributed by atoms with Crippen molar-refractivity contribution in [1.29, 1.82) is 0 Å². The van der Waals surface area contributed by atoms with E-state index in [-0.39, 0.29) is 16.5 Å². The summed E-state index contributed by atoms with van der Waals surface area (Å²) in [5.41, 5.74) is 3.03. The molecule has 23 heavy (non-hydrogen) atoms. The Kier molecular flexibility index (Phi) is 4.82. The molecule has 1 heterocycles. The molecule has 2 aromatic carbocycles. The molecule has 0 bridgehead atoms. The molecule has 0 spiro atoms. The molecule has 1 N–H and O–H groups in total. The summed E-state index contributed by atoms with van der Waals surface area (Å²) in [6, 6.07) is 16.2. The number of rotatable bonds is 5. The van der Waals surface area contributed by atoms with Gasteiger partial charge in [-0.25, -0.2) is 13.1 Å². The molecule has 0 aliphatic rings. The molecule has 3 rings (SSSR count). The molecule has 0 amide bonds. The fourth-order valence-corrected chi connectivity index (χ4v) is 4.47. The first-order valence-electron chi connectivity index (χ1n) is 6.92. The number of sulfonamides is 1. The number of halogens is 1. The first-order chi connectivity index (χ1) is 11.1.